The Bertz CT molecular complexity index is 564. The van der Waals surface area contributed by atoms with Gasteiger partial charge >= 0.3 is 0 Å². The highest BCUT2D eigenvalue weighted by Crippen LogP contribution is 2.30. The zero-order valence-electron chi connectivity index (χ0n) is 12.1. The lowest BCUT2D eigenvalue weighted by Crippen LogP contribution is -2.24. The molecule has 20 heavy (non-hydrogen) atoms. The molecular formula is C18H24N2. The average Bonchev–Trinajstić information content (AvgIpc) is 2.72. The molecule has 1 aromatic heterocycles. The van der Waals surface area contributed by atoms with Crippen LogP contribution in [0.15, 0.2) is 36.4 Å². The van der Waals surface area contributed by atoms with Crippen molar-refractivity contribution in [2.24, 2.45) is 17.6 Å². The van der Waals surface area contributed by atoms with Crippen LogP contribution in [0.5, 0.6) is 0 Å². The molecule has 1 aliphatic carbocycles. The monoisotopic (exact) mass is 268 g/mol. The Labute approximate surface area is 121 Å². The molecule has 1 aromatic carbocycles. The van der Waals surface area contributed by atoms with Crippen molar-refractivity contribution in [3.8, 4) is 0 Å². The van der Waals surface area contributed by atoms with Gasteiger partial charge in [0.05, 0.1) is 5.52 Å². The first-order valence-corrected chi connectivity index (χ1v) is 7.91. The molecular weight excluding hydrogens is 244 g/mol. The Morgan fingerprint density at radius 2 is 1.75 bits per heavy atom. The van der Waals surface area contributed by atoms with Gasteiger partial charge in [-0.15, -0.1) is 0 Å². The first kappa shape index (κ1) is 13.6. The molecule has 2 atom stereocenters. The molecule has 1 aliphatic rings. The van der Waals surface area contributed by atoms with Gasteiger partial charge in [0, 0.05) is 11.1 Å². The van der Waals surface area contributed by atoms with Crippen LogP contribution < -0.4 is 5.73 Å². The van der Waals surface area contributed by atoms with Crippen LogP contribution in [0, 0.1) is 11.8 Å². The molecule has 3 rings (SSSR count). The van der Waals surface area contributed by atoms with Gasteiger partial charge in [-0.1, -0.05) is 43.5 Å². The first-order valence-electron chi connectivity index (χ1n) is 7.91. The molecule has 2 N–H and O–H groups in total. The third-order valence-corrected chi connectivity index (χ3v) is 4.75. The lowest BCUT2D eigenvalue weighted by atomic mass is 9.84. The number of rotatable bonds is 3. The number of aromatic nitrogens is 1. The van der Waals surface area contributed by atoms with Crippen LogP contribution >= 0.6 is 0 Å². The first-order chi connectivity index (χ1) is 9.86. The smallest absolute Gasteiger partial charge is 0.0705 e. The van der Waals surface area contributed by atoms with E-state index in [-0.39, 0.29) is 0 Å². The highest BCUT2D eigenvalue weighted by molar-refractivity contribution is 5.78. The van der Waals surface area contributed by atoms with Crippen molar-refractivity contribution in [2.45, 2.75) is 38.5 Å². The molecule has 2 aromatic rings. The SMILES string of the molecule is NCC1CCCCCC1Cc1ccc2ccccc2n1. The van der Waals surface area contributed by atoms with Gasteiger partial charge < -0.3 is 5.73 Å². The number of hydrogen-bond donors (Lipinski definition) is 1. The fourth-order valence-electron chi connectivity index (χ4n) is 3.53. The van der Waals surface area contributed by atoms with Crippen LogP contribution in [0.3, 0.4) is 0 Å². The Balaban J connectivity index is 1.80. The summed E-state index contributed by atoms with van der Waals surface area (Å²) < 4.78 is 0. The predicted molar refractivity (Wildman–Crippen MR) is 84.6 cm³/mol. The molecule has 2 unspecified atom stereocenters. The lowest BCUT2D eigenvalue weighted by molar-refractivity contribution is 0.316. The molecule has 1 fully saturated rings. The predicted octanol–water partition coefficient (Wildman–Crippen LogP) is 3.93. The van der Waals surface area contributed by atoms with E-state index in [2.05, 4.69) is 36.4 Å². The molecule has 0 saturated heterocycles. The Hall–Kier alpha value is -1.41. The van der Waals surface area contributed by atoms with E-state index in [0.717, 1.165) is 24.4 Å². The summed E-state index contributed by atoms with van der Waals surface area (Å²) in [5.41, 5.74) is 8.33. The van der Waals surface area contributed by atoms with E-state index in [9.17, 15) is 0 Å². The summed E-state index contributed by atoms with van der Waals surface area (Å²) >= 11 is 0. The summed E-state index contributed by atoms with van der Waals surface area (Å²) in [5.74, 6) is 1.40. The molecule has 0 aliphatic heterocycles. The van der Waals surface area contributed by atoms with Gasteiger partial charge in [-0.05, 0) is 49.8 Å². The number of pyridine rings is 1. The van der Waals surface area contributed by atoms with Crippen molar-refractivity contribution in [1.82, 2.24) is 4.98 Å². The second-order valence-corrected chi connectivity index (χ2v) is 6.09. The summed E-state index contributed by atoms with van der Waals surface area (Å²) in [6.45, 7) is 0.832. The minimum absolute atomic E-state index is 0.686. The maximum atomic E-state index is 5.99. The molecule has 2 nitrogen and oxygen atoms in total. The van der Waals surface area contributed by atoms with Crippen LogP contribution in [0.2, 0.25) is 0 Å². The molecule has 0 radical (unpaired) electrons. The van der Waals surface area contributed by atoms with Gasteiger partial charge in [-0.3, -0.25) is 4.98 Å². The highest BCUT2D eigenvalue weighted by Gasteiger charge is 2.23. The quantitative estimate of drug-likeness (QED) is 0.857. The average molecular weight is 268 g/mol. The minimum atomic E-state index is 0.686. The van der Waals surface area contributed by atoms with Crippen molar-refractivity contribution in [2.75, 3.05) is 6.54 Å². The maximum Gasteiger partial charge on any atom is 0.0705 e. The molecule has 0 spiro atoms. The zero-order valence-corrected chi connectivity index (χ0v) is 12.1. The van der Waals surface area contributed by atoms with Gasteiger partial charge in [0.15, 0.2) is 0 Å². The molecule has 1 heterocycles. The fourth-order valence-corrected chi connectivity index (χ4v) is 3.53. The highest BCUT2D eigenvalue weighted by atomic mass is 14.7. The number of hydrogen-bond acceptors (Lipinski definition) is 2. The summed E-state index contributed by atoms with van der Waals surface area (Å²) in [6, 6.07) is 12.8. The van der Waals surface area contributed by atoms with Crippen LogP contribution in [0.25, 0.3) is 10.9 Å². The van der Waals surface area contributed by atoms with Gasteiger partial charge in [0.1, 0.15) is 0 Å². The van der Waals surface area contributed by atoms with Crippen molar-refractivity contribution in [3.05, 3.63) is 42.1 Å². The molecule has 1 saturated carbocycles. The van der Waals surface area contributed by atoms with Gasteiger partial charge in [0.25, 0.3) is 0 Å². The van der Waals surface area contributed by atoms with Crippen molar-refractivity contribution in [3.63, 3.8) is 0 Å². The fraction of sp³-hybridized carbons (Fsp3) is 0.500. The molecule has 0 bridgehead atoms. The topological polar surface area (TPSA) is 38.9 Å². The van der Waals surface area contributed by atoms with Crippen LogP contribution in [-0.2, 0) is 6.42 Å². The lowest BCUT2D eigenvalue weighted by Gasteiger charge is -2.23. The van der Waals surface area contributed by atoms with E-state index in [4.69, 9.17) is 10.7 Å². The number of benzene rings is 1. The van der Waals surface area contributed by atoms with E-state index in [1.54, 1.807) is 0 Å². The Morgan fingerprint density at radius 1 is 0.950 bits per heavy atom. The van der Waals surface area contributed by atoms with Gasteiger partial charge in [-0.2, -0.15) is 0 Å². The number of nitrogens with zero attached hydrogens (tertiary/aromatic N) is 1. The number of nitrogens with two attached hydrogens (primary N) is 1. The van der Waals surface area contributed by atoms with Crippen LogP contribution in [0.4, 0.5) is 0 Å². The minimum Gasteiger partial charge on any atom is -0.330 e. The third kappa shape index (κ3) is 3.01. The summed E-state index contributed by atoms with van der Waals surface area (Å²) in [4.78, 5) is 4.83. The maximum absolute atomic E-state index is 5.99. The standard InChI is InChI=1S/C18H24N2/c19-13-16-8-3-1-2-7-15(16)12-17-11-10-14-6-4-5-9-18(14)20-17/h4-6,9-11,15-16H,1-3,7-8,12-13,19H2. The number of fused-ring (bicyclic) bond motifs is 1. The van der Waals surface area contributed by atoms with Gasteiger partial charge in [-0.25, -0.2) is 0 Å². The molecule has 0 amide bonds. The van der Waals surface area contributed by atoms with Gasteiger partial charge in [0.2, 0.25) is 0 Å². The van der Waals surface area contributed by atoms with E-state index in [1.807, 2.05) is 0 Å². The second-order valence-electron chi connectivity index (χ2n) is 6.09. The Morgan fingerprint density at radius 3 is 2.60 bits per heavy atom. The largest absolute Gasteiger partial charge is 0.330 e. The van der Waals surface area contributed by atoms with Crippen LogP contribution in [-0.4, -0.2) is 11.5 Å². The van der Waals surface area contributed by atoms with E-state index >= 15 is 0 Å². The van der Waals surface area contributed by atoms with Crippen molar-refractivity contribution < 1.29 is 0 Å². The molecule has 2 heteroatoms. The molecule has 106 valence electrons. The second kappa shape index (κ2) is 6.36. The summed E-state index contributed by atoms with van der Waals surface area (Å²) in [7, 11) is 0. The summed E-state index contributed by atoms with van der Waals surface area (Å²) in [6.07, 6.45) is 7.79. The Kier molecular flexibility index (Phi) is 4.31. The van der Waals surface area contributed by atoms with E-state index < -0.39 is 0 Å². The van der Waals surface area contributed by atoms with Crippen LogP contribution in [0.1, 0.15) is 37.8 Å². The number of para-hydroxylation sites is 1. The third-order valence-electron chi connectivity index (χ3n) is 4.75. The normalized spacial score (nSPS) is 23.6. The van der Waals surface area contributed by atoms with E-state index in [1.165, 1.54) is 43.2 Å². The van der Waals surface area contributed by atoms with Crippen molar-refractivity contribution in [1.29, 1.82) is 0 Å². The summed E-state index contributed by atoms with van der Waals surface area (Å²) in [5, 5.41) is 1.23. The zero-order chi connectivity index (χ0) is 13.8. The van der Waals surface area contributed by atoms with Crippen molar-refractivity contribution >= 4 is 10.9 Å². The van der Waals surface area contributed by atoms with E-state index in [0.29, 0.717) is 5.92 Å².